The molecule has 0 aromatic heterocycles. The minimum Gasteiger partial charge on any atom is -0.457 e. The monoisotopic (exact) mass is 873 g/mol. The molecule has 1 aliphatic rings. The molecule has 1 aliphatic heterocycles. The number of hydrogen-bond acceptors (Lipinski definition) is 11. The number of unbranched alkanes of at least 4 members (excludes halogenated alkanes) is 19. The Labute approximate surface area is 364 Å². The number of rotatable bonds is 40. The van der Waals surface area contributed by atoms with Crippen LogP contribution in [0, 0.1) is 0 Å². The van der Waals surface area contributed by atoms with Crippen LogP contribution < -0.4 is 0 Å². The maximum atomic E-state index is 12.8. The van der Waals surface area contributed by atoms with Crippen LogP contribution in [0.3, 0.4) is 0 Å². The number of carbonyl (C=O) groups is 1. The summed E-state index contributed by atoms with van der Waals surface area (Å²) < 4.78 is 59.1. The summed E-state index contributed by atoms with van der Waals surface area (Å²) in [6.45, 7) is 3.87. The predicted octanol–water partition coefficient (Wildman–Crippen LogP) is 9.97. The molecule has 1 rings (SSSR count). The molecule has 0 aliphatic carbocycles. The maximum absolute atomic E-state index is 12.8. The highest BCUT2D eigenvalue weighted by molar-refractivity contribution is 7.80. The second-order valence-corrected chi connectivity index (χ2v) is 17.0. The molecule has 0 aromatic carbocycles. The van der Waals surface area contributed by atoms with E-state index >= 15 is 0 Å². The number of aliphatic hydroxyl groups excluding tert-OH is 3. The molecule has 1 heterocycles. The second-order valence-electron chi connectivity index (χ2n) is 16.0. The second kappa shape index (κ2) is 38.7. The highest BCUT2D eigenvalue weighted by atomic mass is 32.3. The summed E-state index contributed by atoms with van der Waals surface area (Å²) in [6.07, 6.45) is 37.1. The fourth-order valence-corrected chi connectivity index (χ4v) is 7.37. The number of esters is 1. The largest absolute Gasteiger partial charge is 0.457 e. The van der Waals surface area contributed by atoms with Crippen molar-refractivity contribution in [1.82, 2.24) is 0 Å². The van der Waals surface area contributed by atoms with Gasteiger partial charge < -0.3 is 34.3 Å². The average Bonchev–Trinajstić information content (AvgIpc) is 3.22. The third-order valence-corrected chi connectivity index (χ3v) is 10.9. The molecule has 60 heavy (non-hydrogen) atoms. The number of carbonyl (C=O) groups excluding carboxylic acids is 1. The first-order chi connectivity index (χ1) is 29.1. The Kier molecular flexibility index (Phi) is 36.2. The van der Waals surface area contributed by atoms with Crippen molar-refractivity contribution in [3.8, 4) is 0 Å². The molecule has 12 nitrogen and oxygen atoms in total. The van der Waals surface area contributed by atoms with E-state index in [2.05, 4.69) is 66.6 Å². The minimum absolute atomic E-state index is 0.0272. The van der Waals surface area contributed by atoms with Gasteiger partial charge in [0.1, 0.15) is 30.5 Å². The SMILES string of the molecule is CCC/C=C\C/C=C\CCCCCCCC(=O)OC(COCCCCCCCCCCCC/C=C\C/C=C\CCCCC)COC1OC(CO)C(O)C(OS(=O)(=O)O)C1O. The van der Waals surface area contributed by atoms with Gasteiger partial charge in [0, 0.05) is 13.0 Å². The van der Waals surface area contributed by atoms with Gasteiger partial charge in [-0.05, 0) is 70.6 Å². The van der Waals surface area contributed by atoms with Crippen LogP contribution in [0.4, 0.5) is 0 Å². The molecule has 0 saturated carbocycles. The summed E-state index contributed by atoms with van der Waals surface area (Å²) in [5.41, 5.74) is 0. The van der Waals surface area contributed by atoms with Gasteiger partial charge in [-0.3, -0.25) is 9.35 Å². The van der Waals surface area contributed by atoms with E-state index in [1.165, 1.54) is 83.5 Å². The van der Waals surface area contributed by atoms with Crippen LogP contribution in [-0.4, -0.2) is 97.5 Å². The molecule has 1 saturated heterocycles. The van der Waals surface area contributed by atoms with Crippen LogP contribution in [0.5, 0.6) is 0 Å². The zero-order valence-electron chi connectivity index (χ0n) is 37.3. The van der Waals surface area contributed by atoms with E-state index in [0.29, 0.717) is 13.0 Å². The number of allylic oxidation sites excluding steroid dienone is 8. The molecule has 4 N–H and O–H groups in total. The third kappa shape index (κ3) is 31.8. The number of aliphatic hydroxyl groups is 3. The topological polar surface area (TPSA) is 178 Å². The first-order valence-corrected chi connectivity index (χ1v) is 24.8. The third-order valence-electron chi connectivity index (χ3n) is 10.4. The molecule has 1 fully saturated rings. The average molecular weight is 873 g/mol. The highest BCUT2D eigenvalue weighted by Crippen LogP contribution is 2.26. The molecule has 0 bridgehead atoms. The van der Waals surface area contributed by atoms with Crippen LogP contribution in [-0.2, 0) is 38.3 Å². The normalized spacial score (nSPS) is 20.7. The molecular formula is C47H84O12S. The summed E-state index contributed by atoms with van der Waals surface area (Å²) in [7, 11) is -5.06. The Morgan fingerprint density at radius 2 is 1.13 bits per heavy atom. The van der Waals surface area contributed by atoms with Crippen molar-refractivity contribution in [2.75, 3.05) is 26.4 Å². The summed E-state index contributed by atoms with van der Waals surface area (Å²) in [5, 5.41) is 30.7. The summed E-state index contributed by atoms with van der Waals surface area (Å²) in [6, 6.07) is 0. The van der Waals surface area contributed by atoms with Gasteiger partial charge in [-0.2, -0.15) is 8.42 Å². The van der Waals surface area contributed by atoms with Gasteiger partial charge in [-0.1, -0.05) is 152 Å². The Balaban J connectivity index is 2.39. The van der Waals surface area contributed by atoms with Crippen LogP contribution in [0.1, 0.15) is 181 Å². The van der Waals surface area contributed by atoms with Gasteiger partial charge in [0.15, 0.2) is 6.29 Å². The van der Waals surface area contributed by atoms with Gasteiger partial charge in [0.2, 0.25) is 0 Å². The van der Waals surface area contributed by atoms with Crippen LogP contribution in [0.15, 0.2) is 48.6 Å². The highest BCUT2D eigenvalue weighted by Gasteiger charge is 2.48. The summed E-state index contributed by atoms with van der Waals surface area (Å²) >= 11 is 0. The molecule has 0 spiro atoms. The lowest BCUT2D eigenvalue weighted by molar-refractivity contribution is -0.301. The van der Waals surface area contributed by atoms with Crippen molar-refractivity contribution >= 4 is 16.4 Å². The van der Waals surface area contributed by atoms with Gasteiger partial charge in [-0.15, -0.1) is 0 Å². The zero-order valence-corrected chi connectivity index (χ0v) is 38.1. The molecule has 0 aromatic rings. The zero-order chi connectivity index (χ0) is 43.9. The molecule has 0 amide bonds. The van der Waals surface area contributed by atoms with Crippen LogP contribution in [0.2, 0.25) is 0 Å². The van der Waals surface area contributed by atoms with Crippen molar-refractivity contribution in [1.29, 1.82) is 0 Å². The number of hydrogen-bond donors (Lipinski definition) is 4. The van der Waals surface area contributed by atoms with E-state index in [1.54, 1.807) is 0 Å². The van der Waals surface area contributed by atoms with E-state index in [0.717, 1.165) is 70.6 Å². The van der Waals surface area contributed by atoms with Crippen molar-refractivity contribution in [2.24, 2.45) is 0 Å². The molecule has 6 atom stereocenters. The predicted molar refractivity (Wildman–Crippen MR) is 239 cm³/mol. The molecule has 6 unspecified atom stereocenters. The molecule has 13 heteroatoms. The van der Waals surface area contributed by atoms with Crippen molar-refractivity contribution in [3.63, 3.8) is 0 Å². The van der Waals surface area contributed by atoms with E-state index < -0.39 is 59.8 Å². The first kappa shape index (κ1) is 56.1. The fraction of sp³-hybridized carbons (Fsp3) is 0.809. The molecular weight excluding hydrogens is 789 g/mol. The molecule has 0 radical (unpaired) electrons. The summed E-state index contributed by atoms with van der Waals surface area (Å²) in [4.78, 5) is 12.8. The Morgan fingerprint density at radius 3 is 1.65 bits per heavy atom. The van der Waals surface area contributed by atoms with Gasteiger partial charge in [-0.25, -0.2) is 4.18 Å². The van der Waals surface area contributed by atoms with Gasteiger partial charge in [0.25, 0.3) is 0 Å². The van der Waals surface area contributed by atoms with E-state index in [1.807, 2.05) is 0 Å². The van der Waals surface area contributed by atoms with E-state index in [4.69, 9.17) is 23.5 Å². The van der Waals surface area contributed by atoms with Gasteiger partial charge >= 0.3 is 16.4 Å². The smallest absolute Gasteiger partial charge is 0.397 e. The lowest BCUT2D eigenvalue weighted by Gasteiger charge is -2.41. The molecule has 350 valence electrons. The van der Waals surface area contributed by atoms with Crippen LogP contribution >= 0.6 is 0 Å². The van der Waals surface area contributed by atoms with Crippen molar-refractivity contribution < 1.29 is 56.2 Å². The lowest BCUT2D eigenvalue weighted by atomic mass is 9.99. The Hall–Kier alpha value is -1.94. The lowest BCUT2D eigenvalue weighted by Crippen LogP contribution is -2.60. The first-order valence-electron chi connectivity index (χ1n) is 23.4. The standard InChI is InChI=1S/C47H84O12S/c1-3-5-7-9-11-13-15-17-18-19-20-21-22-23-25-27-29-31-33-35-37-55-39-41(40-56-47-45(51)46(59-60(52,53)54)44(50)42(38-48)58-47)57-43(49)36-34-32-30-28-26-24-16-14-12-10-8-6-4-2/h8,10-11,13-14,16-18,41-42,44-48,50-51H,3-7,9,12,15,19-40H2,1-2H3,(H,52,53,54)/b10-8-,13-11-,16-14-,18-17-. The van der Waals surface area contributed by atoms with E-state index in [-0.39, 0.29) is 19.6 Å². The van der Waals surface area contributed by atoms with Crippen LogP contribution in [0.25, 0.3) is 0 Å². The Morgan fingerprint density at radius 1 is 0.633 bits per heavy atom. The summed E-state index contributed by atoms with van der Waals surface area (Å²) in [5.74, 6) is -0.416. The minimum atomic E-state index is -5.06. The number of ether oxygens (including phenoxy) is 4. The maximum Gasteiger partial charge on any atom is 0.397 e. The van der Waals surface area contributed by atoms with Crippen molar-refractivity contribution in [2.45, 2.75) is 218 Å². The van der Waals surface area contributed by atoms with Gasteiger partial charge in [0.05, 0.1) is 19.8 Å². The Bertz CT molecular complexity index is 1240. The van der Waals surface area contributed by atoms with Crippen molar-refractivity contribution in [3.05, 3.63) is 48.6 Å². The van der Waals surface area contributed by atoms with E-state index in [9.17, 15) is 28.5 Å². The fourth-order valence-electron chi connectivity index (χ4n) is 6.86. The quantitative estimate of drug-likeness (QED) is 0.0199.